The van der Waals surface area contributed by atoms with Crippen molar-refractivity contribution < 1.29 is 13.2 Å². The second-order valence-corrected chi connectivity index (χ2v) is 7.70. The lowest BCUT2D eigenvalue weighted by Gasteiger charge is -2.35. The summed E-state index contributed by atoms with van der Waals surface area (Å²) < 4.78 is 24.0. The molecule has 2 heterocycles. The van der Waals surface area contributed by atoms with E-state index in [9.17, 15) is 13.2 Å². The van der Waals surface area contributed by atoms with Gasteiger partial charge in [0.15, 0.2) is 5.96 Å². The first-order chi connectivity index (χ1) is 10.8. The first kappa shape index (κ1) is 20.7. The van der Waals surface area contributed by atoms with Crippen molar-refractivity contribution in [2.24, 2.45) is 12.0 Å². The van der Waals surface area contributed by atoms with Crippen LogP contribution in [0.5, 0.6) is 0 Å². The number of aryl methyl sites for hydroxylation is 1. The Balaban J connectivity index is 0.00000288. The van der Waals surface area contributed by atoms with E-state index in [4.69, 9.17) is 0 Å². The number of nitrogens with one attached hydrogen (secondary N) is 1. The van der Waals surface area contributed by atoms with Gasteiger partial charge in [-0.3, -0.25) is 14.5 Å². The Bertz CT molecular complexity index is 702. The molecule has 0 aliphatic carbocycles. The van der Waals surface area contributed by atoms with Crippen molar-refractivity contribution in [1.29, 1.82) is 0 Å². The van der Waals surface area contributed by atoms with E-state index in [2.05, 4.69) is 15.4 Å². The summed E-state index contributed by atoms with van der Waals surface area (Å²) in [7, 11) is 0.383. The molecule has 1 N–H and O–H groups in total. The minimum atomic E-state index is -3.03. The predicted octanol–water partition coefficient (Wildman–Crippen LogP) is -0.693. The van der Waals surface area contributed by atoms with Crippen LogP contribution in [0.15, 0.2) is 17.4 Å². The smallest absolute Gasteiger partial charge is 0.246 e. The van der Waals surface area contributed by atoms with E-state index in [-0.39, 0.29) is 48.7 Å². The number of piperazine rings is 1. The lowest BCUT2D eigenvalue weighted by Crippen LogP contribution is -2.55. The van der Waals surface area contributed by atoms with Gasteiger partial charge < -0.3 is 15.1 Å². The fourth-order valence-electron chi connectivity index (χ4n) is 2.36. The van der Waals surface area contributed by atoms with Crippen LogP contribution in [0.1, 0.15) is 0 Å². The third-order valence-electron chi connectivity index (χ3n) is 3.49. The molecule has 0 radical (unpaired) electrons. The van der Waals surface area contributed by atoms with Gasteiger partial charge in [0.25, 0.3) is 0 Å². The number of carbonyl (C=O) groups is 1. The molecule has 24 heavy (non-hydrogen) atoms. The van der Waals surface area contributed by atoms with E-state index in [1.807, 2.05) is 4.90 Å². The molecule has 0 unspecified atom stereocenters. The number of guanidine groups is 1. The Hall–Kier alpha value is -1.37. The Morgan fingerprint density at radius 3 is 2.62 bits per heavy atom. The summed E-state index contributed by atoms with van der Waals surface area (Å²) in [6.07, 6.45) is 4.65. The molecule has 0 spiro atoms. The zero-order valence-electron chi connectivity index (χ0n) is 14.0. The molecule has 1 fully saturated rings. The van der Waals surface area contributed by atoms with Crippen LogP contribution in [0.2, 0.25) is 0 Å². The summed E-state index contributed by atoms with van der Waals surface area (Å²) in [6.45, 7) is 1.59. The second-order valence-electron chi connectivity index (χ2n) is 5.44. The van der Waals surface area contributed by atoms with E-state index in [1.54, 1.807) is 36.1 Å². The molecule has 136 valence electrons. The van der Waals surface area contributed by atoms with Crippen LogP contribution in [0.3, 0.4) is 0 Å². The first-order valence-electron chi connectivity index (χ1n) is 7.22. The van der Waals surface area contributed by atoms with Gasteiger partial charge in [0.2, 0.25) is 5.91 Å². The third kappa shape index (κ3) is 5.61. The average Bonchev–Trinajstić information content (AvgIpc) is 2.88. The summed E-state index contributed by atoms with van der Waals surface area (Å²) in [6, 6.07) is 0. The highest BCUT2D eigenvalue weighted by atomic mass is 127. The molecule has 1 aliphatic rings. The molecule has 1 aliphatic heterocycles. The summed E-state index contributed by atoms with van der Waals surface area (Å²) in [5.74, 6) is 0.512. The molecule has 9 nitrogen and oxygen atoms in total. The number of amides is 1. The SMILES string of the molecule is CN=C(NCCS(C)(=O)=O)N1CCN(c2cnn(C)c2)C(=O)C1.I. The Labute approximate surface area is 159 Å². The van der Waals surface area contributed by atoms with Crippen LogP contribution in [0.4, 0.5) is 5.69 Å². The maximum Gasteiger partial charge on any atom is 0.246 e. The molecule has 2 rings (SSSR count). The molecule has 0 bridgehead atoms. The second kappa shape index (κ2) is 8.65. The lowest BCUT2D eigenvalue weighted by molar-refractivity contribution is -0.120. The van der Waals surface area contributed by atoms with E-state index < -0.39 is 9.84 Å². The topological polar surface area (TPSA) is 99.9 Å². The number of carbonyl (C=O) groups excluding carboxylic acids is 1. The molecular formula is C13H23IN6O3S. The normalized spacial score (nSPS) is 16.1. The molecule has 1 aromatic rings. The highest BCUT2D eigenvalue weighted by Gasteiger charge is 2.27. The van der Waals surface area contributed by atoms with Crippen molar-refractivity contribution >= 4 is 51.4 Å². The van der Waals surface area contributed by atoms with Gasteiger partial charge in [-0.15, -0.1) is 24.0 Å². The summed E-state index contributed by atoms with van der Waals surface area (Å²) >= 11 is 0. The third-order valence-corrected chi connectivity index (χ3v) is 4.44. The number of rotatable bonds is 4. The van der Waals surface area contributed by atoms with Gasteiger partial charge in [-0.1, -0.05) is 0 Å². The standard InChI is InChI=1S/C13H22N6O3S.HI/c1-14-13(15-4-7-23(3,21)22)18-5-6-19(12(20)10-18)11-8-16-17(2)9-11;/h8-9H,4-7,10H2,1-3H3,(H,14,15);1H. The van der Waals surface area contributed by atoms with Gasteiger partial charge in [-0.25, -0.2) is 8.42 Å². The fraction of sp³-hybridized carbons (Fsp3) is 0.615. The van der Waals surface area contributed by atoms with Gasteiger partial charge in [0.05, 0.1) is 17.6 Å². The average molecular weight is 470 g/mol. The largest absolute Gasteiger partial charge is 0.355 e. The number of hydrogen-bond donors (Lipinski definition) is 1. The van der Waals surface area contributed by atoms with E-state index in [1.165, 1.54) is 6.26 Å². The highest BCUT2D eigenvalue weighted by molar-refractivity contribution is 14.0. The highest BCUT2D eigenvalue weighted by Crippen LogP contribution is 2.15. The first-order valence-corrected chi connectivity index (χ1v) is 9.28. The molecule has 0 atom stereocenters. The van der Waals surface area contributed by atoms with Crippen molar-refractivity contribution in [2.45, 2.75) is 0 Å². The number of anilines is 1. The maximum absolute atomic E-state index is 12.3. The Morgan fingerprint density at radius 1 is 1.42 bits per heavy atom. The van der Waals surface area contributed by atoms with E-state index in [0.29, 0.717) is 19.0 Å². The van der Waals surface area contributed by atoms with Crippen molar-refractivity contribution in [1.82, 2.24) is 20.0 Å². The Kier molecular flexibility index (Phi) is 7.45. The van der Waals surface area contributed by atoms with Gasteiger partial charge in [0, 0.05) is 46.2 Å². The molecule has 1 saturated heterocycles. The molecule has 0 aromatic carbocycles. The number of aliphatic imine (C=N–C) groups is 1. The predicted molar refractivity (Wildman–Crippen MR) is 104 cm³/mol. The van der Waals surface area contributed by atoms with Crippen LogP contribution < -0.4 is 10.2 Å². The van der Waals surface area contributed by atoms with Crippen molar-refractivity contribution in [2.75, 3.05) is 50.1 Å². The van der Waals surface area contributed by atoms with Crippen molar-refractivity contribution in [3.8, 4) is 0 Å². The minimum Gasteiger partial charge on any atom is -0.355 e. The molecule has 0 saturated carbocycles. The number of aromatic nitrogens is 2. The molecule has 1 amide bonds. The molecule has 1 aromatic heterocycles. The quantitative estimate of drug-likeness (QED) is 0.355. The van der Waals surface area contributed by atoms with Gasteiger partial charge in [-0.05, 0) is 0 Å². The number of sulfone groups is 1. The van der Waals surface area contributed by atoms with Crippen molar-refractivity contribution in [3.63, 3.8) is 0 Å². The number of hydrogen-bond acceptors (Lipinski definition) is 5. The number of nitrogens with zero attached hydrogens (tertiary/aromatic N) is 5. The molecular weight excluding hydrogens is 447 g/mol. The van der Waals surface area contributed by atoms with Crippen LogP contribution in [-0.4, -0.2) is 80.2 Å². The number of halogens is 1. The minimum absolute atomic E-state index is 0. The summed E-state index contributed by atoms with van der Waals surface area (Å²) in [5, 5.41) is 7.06. The monoisotopic (exact) mass is 470 g/mol. The van der Waals surface area contributed by atoms with Crippen LogP contribution in [0.25, 0.3) is 0 Å². The van der Waals surface area contributed by atoms with Gasteiger partial charge >= 0.3 is 0 Å². The zero-order valence-corrected chi connectivity index (χ0v) is 17.1. The summed E-state index contributed by atoms with van der Waals surface area (Å²) in [4.78, 5) is 20.0. The van der Waals surface area contributed by atoms with Crippen molar-refractivity contribution in [3.05, 3.63) is 12.4 Å². The van der Waals surface area contributed by atoms with E-state index >= 15 is 0 Å². The van der Waals surface area contributed by atoms with Crippen LogP contribution in [0, 0.1) is 0 Å². The summed E-state index contributed by atoms with van der Waals surface area (Å²) in [5.41, 5.74) is 0.775. The van der Waals surface area contributed by atoms with Crippen LogP contribution >= 0.6 is 24.0 Å². The van der Waals surface area contributed by atoms with E-state index in [0.717, 1.165) is 5.69 Å². The van der Waals surface area contributed by atoms with Gasteiger partial charge in [0.1, 0.15) is 16.4 Å². The van der Waals surface area contributed by atoms with Gasteiger partial charge in [-0.2, -0.15) is 5.10 Å². The van der Waals surface area contributed by atoms with Crippen LogP contribution in [-0.2, 0) is 21.7 Å². The zero-order chi connectivity index (χ0) is 17.0. The molecule has 11 heteroatoms. The Morgan fingerprint density at radius 2 is 2.12 bits per heavy atom. The fourth-order valence-corrected chi connectivity index (χ4v) is 2.83. The maximum atomic E-state index is 12.3. The lowest BCUT2D eigenvalue weighted by atomic mass is 10.3.